The Hall–Kier alpha value is -4.01. The van der Waals surface area contributed by atoms with Crippen LogP contribution >= 0.6 is 0 Å². The minimum absolute atomic E-state index is 0.0329. The second-order valence-electron chi connectivity index (χ2n) is 7.24. The van der Waals surface area contributed by atoms with Crippen molar-refractivity contribution in [1.82, 2.24) is 4.90 Å². The van der Waals surface area contributed by atoms with Crippen LogP contribution in [0.1, 0.15) is 23.1 Å². The smallest absolute Gasteiger partial charge is 0.269 e. The van der Waals surface area contributed by atoms with Crippen molar-refractivity contribution in [2.45, 2.75) is 12.6 Å². The van der Waals surface area contributed by atoms with Crippen LogP contribution in [0.4, 0.5) is 11.4 Å². The normalized spacial score (nSPS) is 17.1. The van der Waals surface area contributed by atoms with E-state index in [2.05, 4.69) is 4.90 Å². The summed E-state index contributed by atoms with van der Waals surface area (Å²) in [4.78, 5) is 12.8. The van der Waals surface area contributed by atoms with Gasteiger partial charge in [0.2, 0.25) is 0 Å². The monoisotopic (exact) mass is 420 g/mol. The summed E-state index contributed by atoms with van der Waals surface area (Å²) in [6, 6.07) is 14.1. The van der Waals surface area contributed by atoms with Crippen molar-refractivity contribution in [3.8, 4) is 11.5 Å². The number of nitrogens with zero attached hydrogens (tertiary/aromatic N) is 4. The number of hydrogen-bond acceptors (Lipinski definition) is 8. The summed E-state index contributed by atoms with van der Waals surface area (Å²) in [6.07, 6.45) is 2.18. The quantitative estimate of drug-likeness (QED) is 0.456. The Bertz CT molecular complexity index is 1160. The number of rotatable bonds is 5. The molecular formula is C22H20N4O5. The standard InChI is InChI=1S/C22H20N4O5/c1-29-19-12-14-9-10-24-21(18-4-3-11-31-18)23-25(22(24)17(14)13-20(19)30-2)15-5-7-16(8-6-15)26(27)28/h3-8,11-13,22H,9-10H2,1-2H3. The molecule has 1 atom stereocenters. The second-order valence-corrected chi connectivity index (χ2v) is 7.24. The Morgan fingerprint density at radius 3 is 2.52 bits per heavy atom. The molecule has 0 aliphatic carbocycles. The largest absolute Gasteiger partial charge is 0.493 e. The third kappa shape index (κ3) is 3.05. The van der Waals surface area contributed by atoms with Gasteiger partial charge in [0.05, 0.1) is 31.1 Å². The molecule has 0 bridgehead atoms. The van der Waals surface area contributed by atoms with Crippen LogP contribution in [-0.2, 0) is 6.42 Å². The lowest BCUT2D eigenvalue weighted by Gasteiger charge is -2.37. The Balaban J connectivity index is 1.64. The molecule has 0 saturated carbocycles. The van der Waals surface area contributed by atoms with Gasteiger partial charge in [-0.1, -0.05) is 0 Å². The molecule has 5 rings (SSSR count). The lowest BCUT2D eigenvalue weighted by molar-refractivity contribution is -0.384. The van der Waals surface area contributed by atoms with Crippen LogP contribution in [0.3, 0.4) is 0 Å². The molecule has 0 N–H and O–H groups in total. The predicted octanol–water partition coefficient (Wildman–Crippen LogP) is 3.94. The highest BCUT2D eigenvalue weighted by molar-refractivity contribution is 5.99. The number of ether oxygens (including phenoxy) is 2. The minimum Gasteiger partial charge on any atom is -0.493 e. The molecule has 0 radical (unpaired) electrons. The van der Waals surface area contributed by atoms with Gasteiger partial charge in [-0.2, -0.15) is 0 Å². The van der Waals surface area contributed by atoms with Gasteiger partial charge in [0.1, 0.15) is 0 Å². The molecular weight excluding hydrogens is 400 g/mol. The van der Waals surface area contributed by atoms with E-state index in [-0.39, 0.29) is 11.9 Å². The first-order valence-corrected chi connectivity index (χ1v) is 9.78. The van der Waals surface area contributed by atoms with Gasteiger partial charge in [-0.15, -0.1) is 5.10 Å². The molecule has 2 aliphatic rings. The van der Waals surface area contributed by atoms with Crippen molar-refractivity contribution in [2.75, 3.05) is 25.8 Å². The van der Waals surface area contributed by atoms with Gasteiger partial charge < -0.3 is 18.8 Å². The Kier molecular flexibility index (Phi) is 4.50. The molecule has 3 heterocycles. The van der Waals surface area contributed by atoms with E-state index < -0.39 is 4.92 Å². The first kappa shape index (κ1) is 19.0. The summed E-state index contributed by atoms with van der Waals surface area (Å²) in [7, 11) is 3.23. The van der Waals surface area contributed by atoms with Crippen LogP contribution in [0.25, 0.3) is 0 Å². The van der Waals surface area contributed by atoms with E-state index in [1.165, 1.54) is 12.1 Å². The maximum Gasteiger partial charge on any atom is 0.269 e. The summed E-state index contributed by atoms with van der Waals surface area (Å²) in [5.74, 6) is 2.70. The molecule has 0 spiro atoms. The number of hydrazone groups is 1. The van der Waals surface area contributed by atoms with Crippen LogP contribution in [0.5, 0.6) is 11.5 Å². The van der Waals surface area contributed by atoms with Crippen molar-refractivity contribution < 1.29 is 18.8 Å². The topological polar surface area (TPSA) is 93.6 Å². The number of nitro benzene ring substituents is 1. The van der Waals surface area contributed by atoms with Crippen molar-refractivity contribution in [1.29, 1.82) is 0 Å². The molecule has 2 aliphatic heterocycles. The average molecular weight is 420 g/mol. The number of hydrogen-bond donors (Lipinski definition) is 0. The SMILES string of the molecule is COc1cc2c(cc1OC)C1N(CC2)C(c2ccco2)=NN1c1ccc([N+](=O)[O-])cc1. The van der Waals surface area contributed by atoms with Gasteiger partial charge in [0, 0.05) is 24.2 Å². The number of fused-ring (bicyclic) bond motifs is 3. The van der Waals surface area contributed by atoms with Crippen molar-refractivity contribution in [3.63, 3.8) is 0 Å². The summed E-state index contributed by atoms with van der Waals surface area (Å²) in [5.41, 5.74) is 2.95. The fourth-order valence-corrected chi connectivity index (χ4v) is 4.15. The summed E-state index contributed by atoms with van der Waals surface area (Å²) in [5, 5.41) is 17.8. The van der Waals surface area contributed by atoms with E-state index in [1.807, 2.05) is 29.3 Å². The van der Waals surface area contributed by atoms with Crippen LogP contribution in [0.15, 0.2) is 64.3 Å². The van der Waals surface area contributed by atoms with Crippen LogP contribution in [0, 0.1) is 10.1 Å². The molecule has 31 heavy (non-hydrogen) atoms. The van der Waals surface area contributed by atoms with Crippen LogP contribution in [-0.4, -0.2) is 36.4 Å². The van der Waals surface area contributed by atoms with Crippen molar-refractivity contribution >= 4 is 17.2 Å². The molecule has 2 aromatic carbocycles. The maximum absolute atomic E-state index is 11.1. The lowest BCUT2D eigenvalue weighted by Crippen LogP contribution is -2.40. The van der Waals surface area contributed by atoms with E-state index in [9.17, 15) is 10.1 Å². The molecule has 158 valence electrons. The fraction of sp³-hybridized carbons (Fsp3) is 0.227. The zero-order valence-corrected chi connectivity index (χ0v) is 17.0. The lowest BCUT2D eigenvalue weighted by atomic mass is 9.95. The fourth-order valence-electron chi connectivity index (χ4n) is 4.15. The van der Waals surface area contributed by atoms with Gasteiger partial charge in [0.15, 0.2) is 29.3 Å². The maximum atomic E-state index is 11.1. The molecule has 0 amide bonds. The number of methoxy groups -OCH3 is 2. The van der Waals surface area contributed by atoms with Gasteiger partial charge in [-0.3, -0.25) is 10.1 Å². The third-order valence-electron chi connectivity index (χ3n) is 5.61. The number of furan rings is 1. The Labute approximate surface area is 178 Å². The van der Waals surface area contributed by atoms with E-state index in [1.54, 1.807) is 32.6 Å². The molecule has 1 unspecified atom stereocenters. The van der Waals surface area contributed by atoms with E-state index in [4.69, 9.17) is 19.0 Å². The average Bonchev–Trinajstić information content (AvgIpc) is 3.46. The van der Waals surface area contributed by atoms with E-state index >= 15 is 0 Å². The minimum atomic E-state index is -0.412. The third-order valence-corrected chi connectivity index (χ3v) is 5.61. The van der Waals surface area contributed by atoms with Gasteiger partial charge in [0.25, 0.3) is 5.69 Å². The molecule has 0 saturated heterocycles. The summed E-state index contributed by atoms with van der Waals surface area (Å²) < 4.78 is 16.7. The number of benzene rings is 2. The first-order valence-electron chi connectivity index (χ1n) is 9.78. The van der Waals surface area contributed by atoms with Crippen LogP contribution in [0.2, 0.25) is 0 Å². The summed E-state index contributed by atoms with van der Waals surface area (Å²) >= 11 is 0. The highest BCUT2D eigenvalue weighted by Crippen LogP contribution is 2.44. The number of amidine groups is 1. The van der Waals surface area contributed by atoms with Gasteiger partial charge in [-0.25, -0.2) is 5.01 Å². The second kappa shape index (κ2) is 7.35. The number of anilines is 1. The molecule has 0 fully saturated rings. The predicted molar refractivity (Wildman–Crippen MR) is 114 cm³/mol. The molecule has 1 aromatic heterocycles. The van der Waals surface area contributed by atoms with Crippen LogP contribution < -0.4 is 14.5 Å². The van der Waals surface area contributed by atoms with Gasteiger partial charge in [-0.05, 0) is 48.4 Å². The molecule has 9 heteroatoms. The van der Waals surface area contributed by atoms with E-state index in [0.717, 1.165) is 29.8 Å². The zero-order valence-electron chi connectivity index (χ0n) is 17.0. The Morgan fingerprint density at radius 1 is 1.13 bits per heavy atom. The zero-order chi connectivity index (χ0) is 21.5. The highest BCUT2D eigenvalue weighted by atomic mass is 16.6. The number of nitro groups is 1. The summed E-state index contributed by atoms with van der Waals surface area (Å²) in [6.45, 7) is 0.732. The Morgan fingerprint density at radius 2 is 1.87 bits per heavy atom. The number of non-ortho nitro benzene ring substituents is 1. The van der Waals surface area contributed by atoms with E-state index in [0.29, 0.717) is 23.1 Å². The highest BCUT2D eigenvalue weighted by Gasteiger charge is 2.42. The first-order chi connectivity index (χ1) is 15.1. The van der Waals surface area contributed by atoms with Crippen molar-refractivity contribution in [3.05, 3.63) is 81.8 Å². The van der Waals surface area contributed by atoms with Gasteiger partial charge >= 0.3 is 0 Å². The molecule has 9 nitrogen and oxygen atoms in total. The van der Waals surface area contributed by atoms with Crippen molar-refractivity contribution in [2.24, 2.45) is 5.10 Å². The molecule has 3 aromatic rings.